The van der Waals surface area contributed by atoms with Crippen LogP contribution in [0.15, 0.2) is 58.3 Å². The topological polar surface area (TPSA) is 86.8 Å². The minimum Gasteiger partial charge on any atom is -0.304 e. The van der Waals surface area contributed by atoms with Gasteiger partial charge < -0.3 is 4.90 Å². The van der Waals surface area contributed by atoms with Gasteiger partial charge in [0, 0.05) is 31.9 Å². The summed E-state index contributed by atoms with van der Waals surface area (Å²) in [6.07, 6.45) is 0. The first-order chi connectivity index (χ1) is 12.7. The molecular formula is C17H20FN3O4S2. The molecule has 3 rings (SSSR count). The Hall–Kier alpha value is -2.01. The molecule has 1 N–H and O–H groups in total. The minimum atomic E-state index is -3.97. The molecule has 1 aliphatic rings. The Morgan fingerprint density at radius 3 is 2.11 bits per heavy atom. The molecule has 1 fully saturated rings. The number of piperazine rings is 1. The fourth-order valence-electron chi connectivity index (χ4n) is 2.72. The van der Waals surface area contributed by atoms with E-state index in [1.807, 2.05) is 7.05 Å². The summed E-state index contributed by atoms with van der Waals surface area (Å²) in [5, 5.41) is 0. The highest BCUT2D eigenvalue weighted by Gasteiger charge is 2.27. The normalized spacial score (nSPS) is 17.0. The second-order valence-corrected chi connectivity index (χ2v) is 9.91. The van der Waals surface area contributed by atoms with Crippen LogP contribution in [-0.2, 0) is 20.0 Å². The summed E-state index contributed by atoms with van der Waals surface area (Å²) in [5.41, 5.74) is 0.191. The quantitative estimate of drug-likeness (QED) is 0.804. The van der Waals surface area contributed by atoms with Gasteiger partial charge >= 0.3 is 0 Å². The van der Waals surface area contributed by atoms with Gasteiger partial charge in [0.1, 0.15) is 5.82 Å². The number of anilines is 1. The number of rotatable bonds is 5. The first-order valence-electron chi connectivity index (χ1n) is 8.26. The van der Waals surface area contributed by atoms with Gasteiger partial charge in [0.2, 0.25) is 10.0 Å². The van der Waals surface area contributed by atoms with Gasteiger partial charge in [0.25, 0.3) is 10.0 Å². The predicted molar refractivity (Wildman–Crippen MR) is 99.9 cm³/mol. The molecule has 0 amide bonds. The second-order valence-electron chi connectivity index (χ2n) is 6.29. The Morgan fingerprint density at radius 2 is 1.52 bits per heavy atom. The molecule has 7 nitrogen and oxygen atoms in total. The number of likely N-dealkylation sites (N-methyl/N-ethyl adjacent to an activating group) is 1. The summed E-state index contributed by atoms with van der Waals surface area (Å²) in [5.74, 6) is -0.661. The summed E-state index contributed by atoms with van der Waals surface area (Å²) in [6.45, 7) is 2.13. The van der Waals surface area contributed by atoms with Gasteiger partial charge in [0.15, 0.2) is 0 Å². The van der Waals surface area contributed by atoms with Gasteiger partial charge in [-0.2, -0.15) is 4.31 Å². The van der Waals surface area contributed by atoms with Gasteiger partial charge in [-0.1, -0.05) is 6.07 Å². The Bertz CT molecular complexity index is 1020. The fraction of sp³-hybridized carbons (Fsp3) is 0.294. The van der Waals surface area contributed by atoms with Crippen LogP contribution in [0.3, 0.4) is 0 Å². The van der Waals surface area contributed by atoms with Crippen molar-refractivity contribution in [2.75, 3.05) is 37.9 Å². The van der Waals surface area contributed by atoms with Crippen LogP contribution in [0, 0.1) is 5.82 Å². The van der Waals surface area contributed by atoms with Crippen LogP contribution in [0.5, 0.6) is 0 Å². The first-order valence-corrected chi connectivity index (χ1v) is 11.2. The van der Waals surface area contributed by atoms with Crippen molar-refractivity contribution in [3.8, 4) is 0 Å². The van der Waals surface area contributed by atoms with Crippen LogP contribution in [-0.4, -0.2) is 59.3 Å². The Labute approximate surface area is 158 Å². The Morgan fingerprint density at radius 1 is 0.889 bits per heavy atom. The molecule has 2 aromatic carbocycles. The van der Waals surface area contributed by atoms with E-state index in [1.54, 1.807) is 0 Å². The number of nitrogens with zero attached hydrogens (tertiary/aromatic N) is 2. The molecule has 0 radical (unpaired) electrons. The number of sulfonamides is 2. The van der Waals surface area contributed by atoms with Crippen molar-refractivity contribution in [1.29, 1.82) is 0 Å². The number of hydrogen-bond donors (Lipinski definition) is 1. The SMILES string of the molecule is CN1CCN(S(=O)(=O)c2ccc(NS(=O)(=O)c3cccc(F)c3)cc2)CC1. The third kappa shape index (κ3) is 4.46. The maximum atomic E-state index is 13.3. The Balaban J connectivity index is 1.77. The van der Waals surface area contributed by atoms with E-state index in [0.29, 0.717) is 26.2 Å². The van der Waals surface area contributed by atoms with E-state index >= 15 is 0 Å². The summed E-state index contributed by atoms with van der Waals surface area (Å²) in [6, 6.07) is 10.1. The first kappa shape index (κ1) is 19.7. The molecule has 0 saturated carbocycles. The molecule has 0 aliphatic carbocycles. The zero-order valence-corrected chi connectivity index (χ0v) is 16.3. The number of halogens is 1. The van der Waals surface area contributed by atoms with Crippen LogP contribution in [0.2, 0.25) is 0 Å². The third-order valence-electron chi connectivity index (χ3n) is 4.31. The summed E-state index contributed by atoms with van der Waals surface area (Å²) in [7, 11) is -5.66. The van der Waals surface area contributed by atoms with Crippen molar-refractivity contribution < 1.29 is 21.2 Å². The molecule has 0 aromatic heterocycles. The number of nitrogens with one attached hydrogen (secondary N) is 1. The van der Waals surface area contributed by atoms with Gasteiger partial charge in [0.05, 0.1) is 9.79 Å². The fourth-order valence-corrected chi connectivity index (χ4v) is 5.23. The van der Waals surface area contributed by atoms with Gasteiger partial charge in [-0.05, 0) is 49.5 Å². The standard InChI is InChI=1S/C17H20FN3O4S2/c1-20-9-11-21(12-10-20)27(24,25)16-7-5-15(6-8-16)19-26(22,23)17-4-2-3-14(18)13-17/h2-8,13,19H,9-12H2,1H3. The average Bonchev–Trinajstić information content (AvgIpc) is 2.62. The zero-order valence-electron chi connectivity index (χ0n) is 14.7. The van der Waals surface area contributed by atoms with Crippen molar-refractivity contribution >= 4 is 25.7 Å². The molecule has 0 unspecified atom stereocenters. The van der Waals surface area contributed by atoms with E-state index in [0.717, 1.165) is 12.1 Å². The monoisotopic (exact) mass is 413 g/mol. The molecule has 1 saturated heterocycles. The molecule has 10 heteroatoms. The molecule has 1 aliphatic heterocycles. The molecule has 1 heterocycles. The molecule has 0 spiro atoms. The lowest BCUT2D eigenvalue weighted by Gasteiger charge is -2.31. The van der Waals surface area contributed by atoms with Gasteiger partial charge in [-0.3, -0.25) is 4.72 Å². The molecule has 146 valence electrons. The second kappa shape index (κ2) is 7.55. The maximum absolute atomic E-state index is 13.3. The van der Waals surface area contributed by atoms with Crippen LogP contribution >= 0.6 is 0 Å². The van der Waals surface area contributed by atoms with Crippen molar-refractivity contribution in [3.63, 3.8) is 0 Å². The molecule has 27 heavy (non-hydrogen) atoms. The molecular weight excluding hydrogens is 393 g/mol. The number of hydrogen-bond acceptors (Lipinski definition) is 5. The smallest absolute Gasteiger partial charge is 0.261 e. The van der Waals surface area contributed by atoms with Crippen LogP contribution in [0.25, 0.3) is 0 Å². The van der Waals surface area contributed by atoms with Gasteiger partial charge in [-0.15, -0.1) is 0 Å². The highest BCUT2D eigenvalue weighted by Crippen LogP contribution is 2.22. The van der Waals surface area contributed by atoms with Crippen molar-refractivity contribution in [3.05, 3.63) is 54.3 Å². The van der Waals surface area contributed by atoms with E-state index in [4.69, 9.17) is 0 Å². The lowest BCUT2D eigenvalue weighted by Crippen LogP contribution is -2.46. The molecule has 0 atom stereocenters. The van der Waals surface area contributed by atoms with Crippen LogP contribution in [0.4, 0.5) is 10.1 Å². The van der Waals surface area contributed by atoms with Crippen molar-refractivity contribution in [2.24, 2.45) is 0 Å². The van der Waals surface area contributed by atoms with Crippen LogP contribution < -0.4 is 4.72 Å². The lowest BCUT2D eigenvalue weighted by atomic mass is 10.3. The minimum absolute atomic E-state index is 0.0979. The highest BCUT2D eigenvalue weighted by atomic mass is 32.2. The predicted octanol–water partition coefficient (Wildman–Crippen LogP) is 1.56. The maximum Gasteiger partial charge on any atom is 0.261 e. The van der Waals surface area contributed by atoms with Crippen molar-refractivity contribution in [1.82, 2.24) is 9.21 Å². The van der Waals surface area contributed by atoms with E-state index in [9.17, 15) is 21.2 Å². The zero-order chi connectivity index (χ0) is 19.7. The summed E-state index contributed by atoms with van der Waals surface area (Å²) >= 11 is 0. The molecule has 2 aromatic rings. The summed E-state index contributed by atoms with van der Waals surface area (Å²) in [4.78, 5) is 1.94. The Kier molecular flexibility index (Phi) is 5.52. The van der Waals surface area contributed by atoms with E-state index in [2.05, 4.69) is 9.62 Å². The average molecular weight is 413 g/mol. The largest absolute Gasteiger partial charge is 0.304 e. The van der Waals surface area contributed by atoms with Gasteiger partial charge in [-0.25, -0.2) is 21.2 Å². The van der Waals surface area contributed by atoms with Crippen LogP contribution in [0.1, 0.15) is 0 Å². The summed E-state index contributed by atoms with van der Waals surface area (Å²) < 4.78 is 66.9. The van der Waals surface area contributed by atoms with E-state index < -0.39 is 25.9 Å². The van der Waals surface area contributed by atoms with Crippen molar-refractivity contribution in [2.45, 2.75) is 9.79 Å². The van der Waals surface area contributed by atoms with E-state index in [1.165, 1.54) is 40.7 Å². The molecule has 0 bridgehead atoms. The lowest BCUT2D eigenvalue weighted by molar-refractivity contribution is 0.222. The highest BCUT2D eigenvalue weighted by molar-refractivity contribution is 7.92. The third-order valence-corrected chi connectivity index (χ3v) is 7.60. The van der Waals surface area contributed by atoms with E-state index in [-0.39, 0.29) is 15.5 Å². The number of benzene rings is 2.